The summed E-state index contributed by atoms with van der Waals surface area (Å²) in [7, 11) is -3.41. The molecule has 3 nitrogen and oxygen atoms in total. The lowest BCUT2D eigenvalue weighted by molar-refractivity contribution is -0.0902. The predicted octanol–water partition coefficient (Wildman–Crippen LogP) is 2.12. The summed E-state index contributed by atoms with van der Waals surface area (Å²) in [5.74, 6) is 0. The van der Waals surface area contributed by atoms with Gasteiger partial charge in [0.1, 0.15) is 0 Å². The first kappa shape index (κ1) is 9.74. The van der Waals surface area contributed by atoms with Gasteiger partial charge in [-0.25, -0.2) is 0 Å². The lowest BCUT2D eigenvalue weighted by Gasteiger charge is -1.86. The summed E-state index contributed by atoms with van der Waals surface area (Å²) in [6, 6.07) is 0. The molecule has 0 aliphatic heterocycles. The molecule has 60 valence electrons. The monoisotopic (exact) mass is 181 g/mol. The Labute approximate surface area is 53.9 Å². The van der Waals surface area contributed by atoms with Crippen LogP contribution in [0.2, 0.25) is 0 Å². The Morgan fingerprint density at radius 1 is 1.00 bits per heavy atom. The van der Waals surface area contributed by atoms with E-state index in [1.807, 2.05) is 0 Å². The molecule has 0 radical (unpaired) electrons. The molecule has 0 saturated carbocycles. The zero-order chi connectivity index (χ0) is 8.15. The third kappa shape index (κ3) is 5.87. The third-order valence-corrected chi connectivity index (χ3v) is 0.994. The number of halogens is 4. The van der Waals surface area contributed by atoms with E-state index in [1.54, 1.807) is 0 Å². The smallest absolute Gasteiger partial charge is 0.174 e. The summed E-state index contributed by atoms with van der Waals surface area (Å²) in [6.45, 7) is -6.75. The Kier molecular flexibility index (Phi) is 4.42. The molecule has 0 aliphatic carbocycles. The molecule has 0 saturated heterocycles. The van der Waals surface area contributed by atoms with Crippen molar-refractivity contribution in [1.82, 2.24) is 0 Å². The van der Waals surface area contributed by atoms with Crippen molar-refractivity contribution in [3.05, 3.63) is 0 Å². The van der Waals surface area contributed by atoms with E-state index in [1.165, 1.54) is 0 Å². The zero-order valence-electron chi connectivity index (χ0n) is 4.34. The highest BCUT2D eigenvalue weighted by atomic mass is 31.1. The van der Waals surface area contributed by atoms with Gasteiger partial charge in [-0.3, -0.25) is 0 Å². The summed E-state index contributed by atoms with van der Waals surface area (Å²) in [5, 5.41) is 0. The maximum Gasteiger partial charge on any atom is 0.709 e. The Morgan fingerprint density at radius 2 is 1.30 bits per heavy atom. The Balaban J connectivity index is 3.44. The van der Waals surface area contributed by atoms with E-state index in [2.05, 4.69) is 9.05 Å². The second-order valence-electron chi connectivity index (χ2n) is 0.956. The zero-order valence-corrected chi connectivity index (χ0v) is 5.23. The Bertz CT molecular complexity index is 105. The normalized spacial score (nSPS) is 11.0. The molecule has 0 spiro atoms. The maximum atomic E-state index is 11.0. The molecule has 0 aromatic heterocycles. The fraction of sp³-hybridized carbons (Fsp3) is 1.00. The van der Waals surface area contributed by atoms with Gasteiger partial charge in [0.2, 0.25) is 0 Å². The quantitative estimate of drug-likeness (QED) is 0.492. The van der Waals surface area contributed by atoms with Crippen LogP contribution in [0.25, 0.3) is 0 Å². The first-order valence-electron chi connectivity index (χ1n) is 1.89. The molecule has 0 heterocycles. The molecule has 0 atom stereocenters. The number of rotatable bonds is 4. The predicted molar refractivity (Wildman–Crippen MR) is 21.8 cm³/mol. The first-order chi connectivity index (χ1) is 4.52. The van der Waals surface area contributed by atoms with E-state index >= 15 is 0 Å². The van der Waals surface area contributed by atoms with Crippen LogP contribution in [0.5, 0.6) is 0 Å². The topological polar surface area (TPSA) is 35.5 Å². The minimum absolute atomic E-state index is 3.03. The van der Waals surface area contributed by atoms with Crippen molar-refractivity contribution in [3.63, 3.8) is 0 Å². The van der Waals surface area contributed by atoms with Gasteiger partial charge < -0.3 is 0 Å². The molecular weight excluding hydrogens is 179 g/mol. The van der Waals surface area contributed by atoms with Crippen LogP contribution in [0.1, 0.15) is 0 Å². The highest BCUT2D eigenvalue weighted by molar-refractivity contribution is 7.33. The average Bonchev–Trinajstić information content (AvgIpc) is 1.58. The van der Waals surface area contributed by atoms with Crippen molar-refractivity contribution in [2.45, 2.75) is 13.2 Å². The highest BCUT2D eigenvalue weighted by Crippen LogP contribution is 2.29. The lowest BCUT2D eigenvalue weighted by Crippen LogP contribution is -1.95. The van der Waals surface area contributed by atoms with E-state index in [0.29, 0.717) is 0 Å². The van der Waals surface area contributed by atoms with Crippen LogP contribution >= 0.6 is 8.25 Å². The van der Waals surface area contributed by atoms with Gasteiger partial charge in [-0.1, -0.05) is 0 Å². The highest BCUT2D eigenvalue weighted by Gasteiger charge is 2.31. The van der Waals surface area contributed by atoms with Gasteiger partial charge >= 0.3 is 21.5 Å². The second-order valence-corrected chi connectivity index (χ2v) is 1.82. The summed E-state index contributed by atoms with van der Waals surface area (Å²) in [4.78, 5) is 0. The van der Waals surface area contributed by atoms with Crippen LogP contribution in [-0.2, 0) is 13.6 Å². The van der Waals surface area contributed by atoms with Gasteiger partial charge in [-0.05, 0) is 9.05 Å². The molecule has 0 N–H and O–H groups in total. The summed E-state index contributed by atoms with van der Waals surface area (Å²) < 4.78 is 59.9. The summed E-state index contributed by atoms with van der Waals surface area (Å²) in [6.07, 6.45) is 0. The molecule has 0 rings (SSSR count). The molecule has 0 amide bonds. The van der Waals surface area contributed by atoms with E-state index in [0.717, 1.165) is 0 Å². The molecule has 0 unspecified atom stereocenters. The van der Waals surface area contributed by atoms with Gasteiger partial charge in [0, 0.05) is 4.57 Å². The molecular formula is C2H2F4O3P+. The summed E-state index contributed by atoms with van der Waals surface area (Å²) in [5.41, 5.74) is 0. The van der Waals surface area contributed by atoms with E-state index < -0.39 is 21.5 Å². The van der Waals surface area contributed by atoms with Crippen molar-refractivity contribution < 1.29 is 31.2 Å². The van der Waals surface area contributed by atoms with Crippen LogP contribution in [0.4, 0.5) is 17.6 Å². The minimum atomic E-state index is -3.41. The third-order valence-electron chi connectivity index (χ3n) is 0.331. The van der Waals surface area contributed by atoms with Crippen LogP contribution in [0.3, 0.4) is 0 Å². The van der Waals surface area contributed by atoms with Gasteiger partial charge in [-0.15, -0.1) is 0 Å². The largest absolute Gasteiger partial charge is 0.709 e. The van der Waals surface area contributed by atoms with E-state index in [9.17, 15) is 22.1 Å². The molecule has 0 bridgehead atoms. The molecule has 8 heteroatoms. The summed E-state index contributed by atoms with van der Waals surface area (Å²) >= 11 is 0. The van der Waals surface area contributed by atoms with Gasteiger partial charge in [-0.2, -0.15) is 17.6 Å². The Morgan fingerprint density at radius 3 is 1.50 bits per heavy atom. The fourth-order valence-electron chi connectivity index (χ4n) is 0.155. The van der Waals surface area contributed by atoms with Crippen molar-refractivity contribution in [2.75, 3.05) is 0 Å². The van der Waals surface area contributed by atoms with E-state index in [-0.39, 0.29) is 0 Å². The molecule has 0 aromatic rings. The second kappa shape index (κ2) is 4.54. The molecule has 10 heavy (non-hydrogen) atoms. The SMILES string of the molecule is O=[P+](OC(F)F)OC(F)F. The standard InChI is InChI=1S/C2H2F4O3P/c3-1(4)8-10(7)9-2(5)6/h1-2H/q+1. The van der Waals surface area contributed by atoms with Crippen LogP contribution in [0, 0.1) is 0 Å². The number of hydrogen-bond acceptors (Lipinski definition) is 3. The molecule has 0 fully saturated rings. The van der Waals surface area contributed by atoms with Gasteiger partial charge in [0.25, 0.3) is 0 Å². The van der Waals surface area contributed by atoms with Crippen molar-refractivity contribution >= 4 is 8.25 Å². The van der Waals surface area contributed by atoms with Crippen molar-refractivity contribution in [2.24, 2.45) is 0 Å². The minimum Gasteiger partial charge on any atom is -0.174 e. The lowest BCUT2D eigenvalue weighted by atomic mass is 11.5. The van der Waals surface area contributed by atoms with Gasteiger partial charge in [0.15, 0.2) is 0 Å². The van der Waals surface area contributed by atoms with Gasteiger partial charge in [0.05, 0.1) is 0 Å². The fourth-order valence-corrected chi connectivity index (χ4v) is 0.465. The number of hydrogen-bond donors (Lipinski definition) is 0. The first-order valence-corrected chi connectivity index (χ1v) is 2.99. The van der Waals surface area contributed by atoms with E-state index in [4.69, 9.17) is 0 Å². The maximum absolute atomic E-state index is 11.0. The van der Waals surface area contributed by atoms with Crippen molar-refractivity contribution in [3.8, 4) is 0 Å². The van der Waals surface area contributed by atoms with Crippen LogP contribution in [-0.4, -0.2) is 13.2 Å². The number of alkyl halides is 4. The van der Waals surface area contributed by atoms with Crippen molar-refractivity contribution in [1.29, 1.82) is 0 Å². The molecule has 0 aromatic carbocycles. The average molecular weight is 181 g/mol. The van der Waals surface area contributed by atoms with Crippen LogP contribution < -0.4 is 0 Å². The Hall–Kier alpha value is -0.260. The molecule has 0 aliphatic rings. The van der Waals surface area contributed by atoms with Crippen LogP contribution in [0.15, 0.2) is 0 Å².